The average Bonchev–Trinajstić information content (AvgIpc) is 2.43. The van der Waals surface area contributed by atoms with Gasteiger partial charge in [-0.3, -0.25) is 0 Å². The van der Waals surface area contributed by atoms with Crippen LogP contribution < -0.4 is 10.6 Å². The number of nitrogens with one attached hydrogen (secondary N) is 2. The molecule has 2 rings (SSSR count). The number of benzene rings is 1. The first-order valence-corrected chi connectivity index (χ1v) is 8.12. The van der Waals surface area contributed by atoms with E-state index in [-0.39, 0.29) is 17.6 Å². The third-order valence-corrected chi connectivity index (χ3v) is 4.76. The number of anilines is 1. The summed E-state index contributed by atoms with van der Waals surface area (Å²) in [4.78, 5) is 23.2. The summed E-state index contributed by atoms with van der Waals surface area (Å²) < 4.78 is 0. The van der Waals surface area contributed by atoms with Gasteiger partial charge in [-0.2, -0.15) is 11.8 Å². The largest absolute Gasteiger partial charge is 0.478 e. The molecule has 5 nitrogen and oxygen atoms in total. The van der Waals surface area contributed by atoms with Crippen LogP contribution in [-0.4, -0.2) is 34.7 Å². The second-order valence-corrected chi connectivity index (χ2v) is 6.48. The van der Waals surface area contributed by atoms with Crippen LogP contribution in [0, 0.1) is 13.8 Å². The molecule has 0 spiro atoms. The van der Waals surface area contributed by atoms with Crippen LogP contribution in [0.5, 0.6) is 0 Å². The monoisotopic (exact) mass is 308 g/mol. The lowest BCUT2D eigenvalue weighted by atomic mass is 10.0. The second kappa shape index (κ2) is 6.85. The second-order valence-electron chi connectivity index (χ2n) is 5.26. The van der Waals surface area contributed by atoms with Gasteiger partial charge in [-0.05, 0) is 61.5 Å². The summed E-state index contributed by atoms with van der Waals surface area (Å²) >= 11 is 1.90. The van der Waals surface area contributed by atoms with Gasteiger partial charge in [0.25, 0.3) is 0 Å². The predicted octanol–water partition coefficient (Wildman–Crippen LogP) is 3.02. The van der Waals surface area contributed by atoms with Crippen molar-refractivity contribution in [3.05, 3.63) is 28.8 Å². The molecule has 21 heavy (non-hydrogen) atoms. The summed E-state index contributed by atoms with van der Waals surface area (Å²) in [5.74, 6) is 1.15. The lowest BCUT2D eigenvalue weighted by molar-refractivity contribution is 0.0696. The average molecular weight is 308 g/mol. The highest BCUT2D eigenvalue weighted by atomic mass is 32.2. The van der Waals surface area contributed by atoms with E-state index in [0.717, 1.165) is 35.5 Å². The molecule has 1 heterocycles. The summed E-state index contributed by atoms with van der Waals surface area (Å²) in [5, 5.41) is 14.9. The van der Waals surface area contributed by atoms with Gasteiger partial charge in [0.1, 0.15) is 0 Å². The van der Waals surface area contributed by atoms with Crippen molar-refractivity contribution in [1.29, 1.82) is 0 Å². The first-order chi connectivity index (χ1) is 9.97. The molecule has 1 saturated heterocycles. The summed E-state index contributed by atoms with van der Waals surface area (Å²) in [6.07, 6.45) is 1.96. The number of amides is 2. The van der Waals surface area contributed by atoms with E-state index in [0.29, 0.717) is 5.69 Å². The first-order valence-electron chi connectivity index (χ1n) is 6.97. The molecular formula is C15H20N2O3S. The van der Waals surface area contributed by atoms with Gasteiger partial charge in [-0.1, -0.05) is 0 Å². The lowest BCUT2D eigenvalue weighted by Crippen LogP contribution is -2.40. The number of aromatic carboxylic acids is 1. The molecule has 3 N–H and O–H groups in total. The minimum Gasteiger partial charge on any atom is -0.478 e. The van der Waals surface area contributed by atoms with E-state index in [1.54, 1.807) is 13.0 Å². The summed E-state index contributed by atoms with van der Waals surface area (Å²) in [5.41, 5.74) is 2.30. The summed E-state index contributed by atoms with van der Waals surface area (Å²) in [6, 6.07) is 3.22. The molecule has 0 radical (unpaired) electrons. The van der Waals surface area contributed by atoms with Gasteiger partial charge in [0.05, 0.1) is 5.56 Å². The highest BCUT2D eigenvalue weighted by Crippen LogP contribution is 2.21. The zero-order chi connectivity index (χ0) is 15.4. The molecule has 2 amide bonds. The van der Waals surface area contributed by atoms with Crippen LogP contribution in [0.25, 0.3) is 0 Å². The minimum atomic E-state index is -0.982. The van der Waals surface area contributed by atoms with E-state index in [4.69, 9.17) is 0 Å². The van der Waals surface area contributed by atoms with Crippen LogP contribution in [0.2, 0.25) is 0 Å². The number of carbonyl (C=O) groups excluding carboxylic acids is 1. The molecule has 6 heteroatoms. The fourth-order valence-electron chi connectivity index (χ4n) is 2.35. The third-order valence-electron chi connectivity index (χ3n) is 3.71. The molecule has 0 aliphatic carbocycles. The number of hydrogen-bond acceptors (Lipinski definition) is 3. The van der Waals surface area contributed by atoms with Crippen LogP contribution in [-0.2, 0) is 0 Å². The highest BCUT2D eigenvalue weighted by molar-refractivity contribution is 7.99. The Hall–Kier alpha value is -1.69. The van der Waals surface area contributed by atoms with Crippen molar-refractivity contribution in [2.75, 3.05) is 16.8 Å². The number of urea groups is 1. The Kier molecular flexibility index (Phi) is 5.12. The predicted molar refractivity (Wildman–Crippen MR) is 85.4 cm³/mol. The lowest BCUT2D eigenvalue weighted by Gasteiger charge is -2.22. The maximum Gasteiger partial charge on any atom is 0.336 e. The van der Waals surface area contributed by atoms with Crippen molar-refractivity contribution in [2.24, 2.45) is 0 Å². The topological polar surface area (TPSA) is 78.4 Å². The number of carboxylic acid groups (broad SMARTS) is 1. The van der Waals surface area contributed by atoms with Crippen molar-refractivity contribution in [3.8, 4) is 0 Å². The van der Waals surface area contributed by atoms with Crippen LogP contribution in [0.3, 0.4) is 0 Å². The molecule has 1 aliphatic rings. The Balaban J connectivity index is 2.05. The van der Waals surface area contributed by atoms with Crippen LogP contribution in [0.1, 0.15) is 34.3 Å². The number of carbonyl (C=O) groups is 2. The zero-order valence-electron chi connectivity index (χ0n) is 12.2. The molecule has 1 fully saturated rings. The van der Waals surface area contributed by atoms with Gasteiger partial charge in [0.15, 0.2) is 0 Å². The molecule has 1 aliphatic heterocycles. The molecule has 0 bridgehead atoms. The van der Waals surface area contributed by atoms with E-state index < -0.39 is 5.97 Å². The number of rotatable bonds is 3. The summed E-state index contributed by atoms with van der Waals surface area (Å²) in [7, 11) is 0. The van der Waals surface area contributed by atoms with Gasteiger partial charge < -0.3 is 15.7 Å². The molecule has 0 aromatic heterocycles. The Morgan fingerprint density at radius 3 is 2.52 bits per heavy atom. The maximum atomic E-state index is 12.0. The molecule has 1 aromatic carbocycles. The van der Waals surface area contributed by atoms with E-state index >= 15 is 0 Å². The number of aryl methyl sites for hydroxylation is 1. The van der Waals surface area contributed by atoms with Gasteiger partial charge >= 0.3 is 12.0 Å². The Morgan fingerprint density at radius 2 is 1.90 bits per heavy atom. The normalized spacial score (nSPS) is 15.5. The molecule has 0 unspecified atom stereocenters. The van der Waals surface area contributed by atoms with Gasteiger partial charge in [0.2, 0.25) is 0 Å². The van der Waals surface area contributed by atoms with Gasteiger partial charge in [0, 0.05) is 11.7 Å². The van der Waals surface area contributed by atoms with Crippen LogP contribution >= 0.6 is 11.8 Å². The Bertz CT molecular complexity index is 554. The molecule has 0 saturated carbocycles. The van der Waals surface area contributed by atoms with Gasteiger partial charge in [-0.25, -0.2) is 9.59 Å². The van der Waals surface area contributed by atoms with Crippen molar-refractivity contribution < 1.29 is 14.7 Å². The first kappa shape index (κ1) is 15.7. The third kappa shape index (κ3) is 4.14. The summed E-state index contributed by atoms with van der Waals surface area (Å²) in [6.45, 7) is 3.60. The molecular weight excluding hydrogens is 288 g/mol. The number of thioether (sulfide) groups is 1. The van der Waals surface area contributed by atoms with Crippen molar-refractivity contribution >= 4 is 29.4 Å². The quantitative estimate of drug-likeness (QED) is 0.802. The molecule has 0 atom stereocenters. The van der Waals surface area contributed by atoms with E-state index in [9.17, 15) is 14.7 Å². The standard InChI is InChI=1S/C15H20N2O3S/c1-9-7-12(8-13(10(9)2)14(18)19)17-15(20)16-11-3-5-21-6-4-11/h7-8,11H,3-6H2,1-2H3,(H,18,19)(H2,16,17,20). The minimum absolute atomic E-state index is 0.205. The van der Waals surface area contributed by atoms with E-state index in [1.807, 2.05) is 18.7 Å². The zero-order valence-corrected chi connectivity index (χ0v) is 13.0. The smallest absolute Gasteiger partial charge is 0.336 e. The highest BCUT2D eigenvalue weighted by Gasteiger charge is 2.17. The Morgan fingerprint density at radius 1 is 1.24 bits per heavy atom. The fraction of sp³-hybridized carbons (Fsp3) is 0.467. The maximum absolute atomic E-state index is 12.0. The van der Waals surface area contributed by atoms with Crippen molar-refractivity contribution in [3.63, 3.8) is 0 Å². The van der Waals surface area contributed by atoms with E-state index in [2.05, 4.69) is 10.6 Å². The van der Waals surface area contributed by atoms with Crippen molar-refractivity contribution in [2.45, 2.75) is 32.7 Å². The SMILES string of the molecule is Cc1cc(NC(=O)NC2CCSCC2)cc(C(=O)O)c1C. The van der Waals surface area contributed by atoms with E-state index in [1.165, 1.54) is 6.07 Å². The Labute approximate surface area is 128 Å². The molecule has 114 valence electrons. The molecule has 1 aromatic rings. The number of hydrogen-bond donors (Lipinski definition) is 3. The van der Waals surface area contributed by atoms with Crippen LogP contribution in [0.15, 0.2) is 12.1 Å². The fourth-order valence-corrected chi connectivity index (χ4v) is 3.45. The van der Waals surface area contributed by atoms with Gasteiger partial charge in [-0.15, -0.1) is 0 Å². The van der Waals surface area contributed by atoms with Crippen LogP contribution in [0.4, 0.5) is 10.5 Å². The van der Waals surface area contributed by atoms with Crippen molar-refractivity contribution in [1.82, 2.24) is 5.32 Å². The number of carboxylic acids is 1.